The van der Waals surface area contributed by atoms with Crippen molar-refractivity contribution in [2.75, 3.05) is 19.7 Å². The third-order valence-corrected chi connectivity index (χ3v) is 5.18. The zero-order chi connectivity index (χ0) is 21.5. The molecule has 0 spiro atoms. The summed E-state index contributed by atoms with van der Waals surface area (Å²) in [5.41, 5.74) is 0.877. The molecule has 1 N–H and O–H groups in total. The first-order valence-electron chi connectivity index (χ1n) is 10.2. The number of carbonyl (C=O) groups excluding carboxylic acids is 2. The third kappa shape index (κ3) is 5.34. The quantitative estimate of drug-likeness (QED) is 0.655. The second-order valence-corrected chi connectivity index (χ2v) is 7.23. The molecule has 160 valence electrons. The number of nitrogens with zero attached hydrogens (tertiary/aromatic N) is 1. The van der Waals surface area contributed by atoms with Crippen molar-refractivity contribution in [1.29, 1.82) is 0 Å². The molecule has 3 rings (SSSR count). The molecule has 1 unspecified atom stereocenters. The van der Waals surface area contributed by atoms with E-state index in [9.17, 15) is 18.4 Å². The van der Waals surface area contributed by atoms with Crippen LogP contribution < -0.4 is 10.1 Å². The highest BCUT2D eigenvalue weighted by Gasteiger charge is 2.29. The number of carbonyl (C=O) groups is 2. The minimum absolute atomic E-state index is 0.0357. The van der Waals surface area contributed by atoms with Crippen molar-refractivity contribution in [3.05, 3.63) is 65.2 Å². The second-order valence-electron chi connectivity index (χ2n) is 7.23. The lowest BCUT2D eigenvalue weighted by Gasteiger charge is -2.25. The number of nitrogens with one attached hydrogen (secondary N) is 1. The zero-order valence-corrected chi connectivity index (χ0v) is 17.0. The zero-order valence-electron chi connectivity index (χ0n) is 17.0. The summed E-state index contributed by atoms with van der Waals surface area (Å²) in [6.07, 6.45) is 2.60. The maximum Gasteiger partial charge on any atom is 0.254 e. The first-order valence-corrected chi connectivity index (χ1v) is 10.2. The van der Waals surface area contributed by atoms with Crippen molar-refractivity contribution in [3.63, 3.8) is 0 Å². The van der Waals surface area contributed by atoms with E-state index in [2.05, 4.69) is 5.32 Å². The van der Waals surface area contributed by atoms with Gasteiger partial charge in [-0.05, 0) is 56.0 Å². The van der Waals surface area contributed by atoms with Gasteiger partial charge in [0, 0.05) is 25.6 Å². The van der Waals surface area contributed by atoms with Gasteiger partial charge in [-0.3, -0.25) is 9.59 Å². The molecule has 7 heteroatoms. The summed E-state index contributed by atoms with van der Waals surface area (Å²) < 4.78 is 32.1. The molecule has 1 atom stereocenters. The summed E-state index contributed by atoms with van der Waals surface area (Å²) in [7, 11) is 0. The summed E-state index contributed by atoms with van der Waals surface area (Å²) in [6.45, 7) is 3.49. The topological polar surface area (TPSA) is 58.6 Å². The lowest BCUT2D eigenvalue weighted by molar-refractivity contribution is -0.132. The third-order valence-electron chi connectivity index (χ3n) is 5.18. The van der Waals surface area contributed by atoms with Gasteiger partial charge in [0.1, 0.15) is 17.4 Å². The van der Waals surface area contributed by atoms with E-state index in [1.54, 1.807) is 0 Å². The molecular weight excluding hydrogens is 390 g/mol. The lowest BCUT2D eigenvalue weighted by atomic mass is 10.0. The van der Waals surface area contributed by atoms with Gasteiger partial charge in [-0.25, -0.2) is 8.78 Å². The Morgan fingerprint density at radius 3 is 2.63 bits per heavy atom. The predicted octanol–water partition coefficient (Wildman–Crippen LogP) is 4.24. The molecule has 1 aliphatic heterocycles. The number of likely N-dealkylation sites (tertiary alicyclic amines) is 1. The van der Waals surface area contributed by atoms with Gasteiger partial charge in [0.25, 0.3) is 5.91 Å². The van der Waals surface area contributed by atoms with Crippen molar-refractivity contribution in [2.24, 2.45) is 0 Å². The van der Waals surface area contributed by atoms with E-state index >= 15 is 0 Å². The fourth-order valence-electron chi connectivity index (χ4n) is 3.72. The minimum Gasteiger partial charge on any atom is -0.494 e. The molecule has 1 saturated heterocycles. The van der Waals surface area contributed by atoms with E-state index in [1.165, 1.54) is 0 Å². The molecule has 0 saturated carbocycles. The Hall–Kier alpha value is -2.96. The van der Waals surface area contributed by atoms with Crippen LogP contribution in [0.2, 0.25) is 0 Å². The molecule has 0 radical (unpaired) electrons. The van der Waals surface area contributed by atoms with Crippen molar-refractivity contribution >= 4 is 11.8 Å². The van der Waals surface area contributed by atoms with Gasteiger partial charge in [0.05, 0.1) is 18.2 Å². The van der Waals surface area contributed by atoms with Crippen molar-refractivity contribution in [1.82, 2.24) is 10.2 Å². The maximum atomic E-state index is 13.6. The molecule has 2 aromatic carbocycles. The Morgan fingerprint density at radius 2 is 1.93 bits per heavy atom. The summed E-state index contributed by atoms with van der Waals surface area (Å²) >= 11 is 0. The Balaban J connectivity index is 1.48. The Labute approximate surface area is 175 Å². The lowest BCUT2D eigenvalue weighted by Crippen LogP contribution is -2.31. The monoisotopic (exact) mass is 416 g/mol. The van der Waals surface area contributed by atoms with Crippen molar-refractivity contribution in [3.8, 4) is 5.75 Å². The Bertz CT molecular complexity index is 887. The standard InChI is InChI=1S/C23H26F2N2O3/c1-2-30-18-10-7-16(8-11-18)21-5-4-14-27(21)22(28)6-3-13-26-23(29)19-12-9-17(24)15-20(19)25/h7-12,15,21H,2-6,13-14H2,1H3,(H,26,29). The van der Waals surface area contributed by atoms with Crippen LogP contribution in [0.25, 0.3) is 0 Å². The first-order chi connectivity index (χ1) is 14.5. The summed E-state index contributed by atoms with van der Waals surface area (Å²) in [5.74, 6) is -1.41. The number of rotatable bonds is 8. The summed E-state index contributed by atoms with van der Waals surface area (Å²) in [5, 5.41) is 2.58. The average Bonchev–Trinajstić information content (AvgIpc) is 3.22. The molecule has 1 fully saturated rings. The van der Waals surface area contributed by atoms with E-state index in [0.717, 1.165) is 36.3 Å². The van der Waals surface area contributed by atoms with Crippen LogP contribution in [-0.2, 0) is 4.79 Å². The number of hydrogen-bond acceptors (Lipinski definition) is 3. The molecule has 2 aromatic rings. The Kier molecular flexibility index (Phi) is 7.38. The number of halogens is 2. The highest BCUT2D eigenvalue weighted by atomic mass is 19.1. The van der Waals surface area contributed by atoms with Gasteiger partial charge >= 0.3 is 0 Å². The molecule has 30 heavy (non-hydrogen) atoms. The number of hydrogen-bond donors (Lipinski definition) is 1. The summed E-state index contributed by atoms with van der Waals surface area (Å²) in [4.78, 5) is 26.6. The van der Waals surface area contributed by atoms with Crippen LogP contribution in [0.4, 0.5) is 8.78 Å². The number of amides is 2. The smallest absolute Gasteiger partial charge is 0.254 e. The van der Waals surface area contributed by atoms with Crippen LogP contribution in [-0.4, -0.2) is 36.4 Å². The van der Waals surface area contributed by atoms with Gasteiger partial charge in [-0.1, -0.05) is 12.1 Å². The molecule has 0 aliphatic carbocycles. The van der Waals surface area contributed by atoms with E-state index < -0.39 is 17.5 Å². The van der Waals surface area contributed by atoms with E-state index in [-0.39, 0.29) is 24.1 Å². The molecule has 0 bridgehead atoms. The molecule has 1 heterocycles. The average molecular weight is 416 g/mol. The highest BCUT2D eigenvalue weighted by molar-refractivity contribution is 5.94. The molecule has 0 aromatic heterocycles. The highest BCUT2D eigenvalue weighted by Crippen LogP contribution is 2.33. The van der Waals surface area contributed by atoms with Crippen LogP contribution in [0.5, 0.6) is 5.75 Å². The molecule has 2 amide bonds. The van der Waals surface area contributed by atoms with Gasteiger partial charge in [0.2, 0.25) is 5.91 Å². The van der Waals surface area contributed by atoms with E-state index in [1.807, 2.05) is 36.1 Å². The molecule has 5 nitrogen and oxygen atoms in total. The van der Waals surface area contributed by atoms with Crippen LogP contribution in [0, 0.1) is 11.6 Å². The first kappa shape index (κ1) is 21.7. The number of ether oxygens (including phenoxy) is 1. The molecular formula is C23H26F2N2O3. The van der Waals surface area contributed by atoms with Crippen LogP contribution >= 0.6 is 0 Å². The van der Waals surface area contributed by atoms with Crippen molar-refractivity contribution < 1.29 is 23.1 Å². The second kappa shape index (κ2) is 10.2. The van der Waals surface area contributed by atoms with E-state index in [4.69, 9.17) is 4.74 Å². The molecule has 1 aliphatic rings. The van der Waals surface area contributed by atoms with Gasteiger partial charge in [0.15, 0.2) is 0 Å². The van der Waals surface area contributed by atoms with Gasteiger partial charge in [-0.15, -0.1) is 0 Å². The normalized spacial score (nSPS) is 15.8. The van der Waals surface area contributed by atoms with Crippen molar-refractivity contribution in [2.45, 2.75) is 38.6 Å². The van der Waals surface area contributed by atoms with Crippen LogP contribution in [0.15, 0.2) is 42.5 Å². The van der Waals surface area contributed by atoms with Gasteiger partial charge in [-0.2, -0.15) is 0 Å². The predicted molar refractivity (Wildman–Crippen MR) is 109 cm³/mol. The SMILES string of the molecule is CCOc1ccc(C2CCCN2C(=O)CCCNC(=O)c2ccc(F)cc2F)cc1. The van der Waals surface area contributed by atoms with Gasteiger partial charge < -0.3 is 15.0 Å². The Morgan fingerprint density at radius 1 is 1.17 bits per heavy atom. The summed E-state index contributed by atoms with van der Waals surface area (Å²) in [6, 6.07) is 10.7. The van der Waals surface area contributed by atoms with Crippen LogP contribution in [0.3, 0.4) is 0 Å². The fourth-order valence-corrected chi connectivity index (χ4v) is 3.72. The van der Waals surface area contributed by atoms with Crippen LogP contribution in [0.1, 0.15) is 54.6 Å². The number of benzene rings is 2. The largest absolute Gasteiger partial charge is 0.494 e. The minimum atomic E-state index is -0.904. The fraction of sp³-hybridized carbons (Fsp3) is 0.391. The van der Waals surface area contributed by atoms with E-state index in [0.29, 0.717) is 32.1 Å². The maximum absolute atomic E-state index is 13.6.